The van der Waals surface area contributed by atoms with Gasteiger partial charge >= 0.3 is 0 Å². The number of benzene rings is 1. The monoisotopic (exact) mass is 376 g/mol. The van der Waals surface area contributed by atoms with E-state index < -0.39 is 10.0 Å². The fourth-order valence-corrected chi connectivity index (χ4v) is 4.65. The van der Waals surface area contributed by atoms with E-state index in [-0.39, 0.29) is 5.41 Å². The SMILES string of the molecule is CNCc1cc(C)c(Br)c(S(=O)(=O)N(C)CC(C)(C)C)c1. The van der Waals surface area contributed by atoms with E-state index >= 15 is 0 Å². The Morgan fingerprint density at radius 2 is 1.86 bits per heavy atom. The third-order valence-electron chi connectivity index (χ3n) is 3.05. The molecule has 0 aliphatic carbocycles. The summed E-state index contributed by atoms with van der Waals surface area (Å²) >= 11 is 3.42. The molecule has 0 saturated heterocycles. The maximum Gasteiger partial charge on any atom is 0.243 e. The number of rotatable bonds is 5. The van der Waals surface area contributed by atoms with Crippen molar-refractivity contribution in [3.63, 3.8) is 0 Å². The summed E-state index contributed by atoms with van der Waals surface area (Å²) in [4.78, 5) is 0.333. The van der Waals surface area contributed by atoms with E-state index in [0.717, 1.165) is 11.1 Å². The van der Waals surface area contributed by atoms with Crippen LogP contribution in [0.2, 0.25) is 0 Å². The van der Waals surface area contributed by atoms with Gasteiger partial charge in [0.25, 0.3) is 0 Å². The molecule has 0 heterocycles. The van der Waals surface area contributed by atoms with Crippen LogP contribution in [0.5, 0.6) is 0 Å². The number of hydrogen-bond acceptors (Lipinski definition) is 3. The van der Waals surface area contributed by atoms with Gasteiger partial charge in [0.2, 0.25) is 10.0 Å². The number of nitrogens with zero attached hydrogens (tertiary/aromatic N) is 1. The molecular formula is C15H25BrN2O2S. The minimum atomic E-state index is -3.51. The van der Waals surface area contributed by atoms with Gasteiger partial charge in [0, 0.05) is 24.6 Å². The van der Waals surface area contributed by atoms with Crippen LogP contribution < -0.4 is 5.32 Å². The van der Waals surface area contributed by atoms with Crippen molar-refractivity contribution in [1.82, 2.24) is 9.62 Å². The predicted octanol–water partition coefficient (Wildman–Crippen LogP) is 3.14. The summed E-state index contributed by atoms with van der Waals surface area (Å²) in [7, 11) is -0.0309. The third-order valence-corrected chi connectivity index (χ3v) is 6.19. The number of sulfonamides is 1. The highest BCUT2D eigenvalue weighted by Gasteiger charge is 2.28. The maximum absolute atomic E-state index is 12.8. The van der Waals surface area contributed by atoms with Crippen LogP contribution in [-0.4, -0.2) is 33.4 Å². The van der Waals surface area contributed by atoms with Gasteiger partial charge in [-0.25, -0.2) is 12.7 Å². The molecule has 0 unspecified atom stereocenters. The van der Waals surface area contributed by atoms with E-state index in [4.69, 9.17) is 0 Å². The van der Waals surface area contributed by atoms with E-state index in [1.807, 2.05) is 40.8 Å². The van der Waals surface area contributed by atoms with Crippen LogP contribution in [0.3, 0.4) is 0 Å². The van der Waals surface area contributed by atoms with Gasteiger partial charge in [-0.1, -0.05) is 26.8 Å². The summed E-state index contributed by atoms with van der Waals surface area (Å²) in [5.41, 5.74) is 1.79. The summed E-state index contributed by atoms with van der Waals surface area (Å²) in [6, 6.07) is 3.73. The second-order valence-corrected chi connectivity index (χ2v) is 9.38. The van der Waals surface area contributed by atoms with Crippen LogP contribution in [0.4, 0.5) is 0 Å². The Balaban J connectivity index is 3.30. The molecule has 0 aliphatic heterocycles. The van der Waals surface area contributed by atoms with Crippen molar-refractivity contribution in [2.75, 3.05) is 20.6 Å². The third kappa shape index (κ3) is 4.77. The molecule has 1 aromatic carbocycles. The molecule has 21 heavy (non-hydrogen) atoms. The molecule has 6 heteroatoms. The van der Waals surface area contributed by atoms with Gasteiger partial charge in [-0.2, -0.15) is 0 Å². The highest BCUT2D eigenvalue weighted by atomic mass is 79.9. The van der Waals surface area contributed by atoms with E-state index in [2.05, 4.69) is 21.2 Å². The first-order valence-electron chi connectivity index (χ1n) is 6.89. The van der Waals surface area contributed by atoms with E-state index in [1.54, 1.807) is 13.1 Å². The van der Waals surface area contributed by atoms with Crippen molar-refractivity contribution in [2.24, 2.45) is 5.41 Å². The van der Waals surface area contributed by atoms with Crippen LogP contribution in [0.1, 0.15) is 31.9 Å². The average Bonchev–Trinajstić information content (AvgIpc) is 2.31. The Hall–Kier alpha value is -0.430. The lowest BCUT2D eigenvalue weighted by molar-refractivity contribution is 0.310. The number of hydrogen-bond donors (Lipinski definition) is 1. The van der Waals surface area contributed by atoms with E-state index in [0.29, 0.717) is 22.5 Å². The Morgan fingerprint density at radius 1 is 1.29 bits per heavy atom. The molecule has 0 aliphatic rings. The van der Waals surface area contributed by atoms with Gasteiger partial charge in [0.05, 0.1) is 4.90 Å². The second kappa shape index (κ2) is 6.77. The molecule has 1 aromatic rings. The zero-order valence-corrected chi connectivity index (χ0v) is 16.0. The van der Waals surface area contributed by atoms with Crippen molar-refractivity contribution < 1.29 is 8.42 Å². The summed E-state index contributed by atoms with van der Waals surface area (Å²) < 4.78 is 27.7. The number of nitrogens with one attached hydrogen (secondary N) is 1. The molecule has 120 valence electrons. The quantitative estimate of drug-likeness (QED) is 0.858. The largest absolute Gasteiger partial charge is 0.316 e. The van der Waals surface area contributed by atoms with Crippen molar-refractivity contribution in [1.29, 1.82) is 0 Å². The fraction of sp³-hybridized carbons (Fsp3) is 0.600. The van der Waals surface area contributed by atoms with Gasteiger partial charge in [-0.05, 0) is 52.5 Å². The fourth-order valence-electron chi connectivity index (χ4n) is 2.22. The van der Waals surface area contributed by atoms with E-state index in [1.165, 1.54) is 4.31 Å². The van der Waals surface area contributed by atoms with Gasteiger partial charge < -0.3 is 5.32 Å². The van der Waals surface area contributed by atoms with Gasteiger partial charge in [0.1, 0.15) is 0 Å². The summed E-state index contributed by atoms with van der Waals surface area (Å²) in [5, 5.41) is 3.05. The van der Waals surface area contributed by atoms with Crippen LogP contribution in [0.15, 0.2) is 21.5 Å². The molecule has 0 spiro atoms. The van der Waals surface area contributed by atoms with Crippen molar-refractivity contribution in [3.8, 4) is 0 Å². The Bertz CT molecular complexity index is 607. The zero-order valence-electron chi connectivity index (χ0n) is 13.6. The molecule has 4 nitrogen and oxygen atoms in total. The lowest BCUT2D eigenvalue weighted by Gasteiger charge is -2.26. The molecular weight excluding hydrogens is 352 g/mol. The molecule has 1 N–H and O–H groups in total. The lowest BCUT2D eigenvalue weighted by atomic mass is 9.97. The second-order valence-electron chi connectivity index (χ2n) is 6.58. The molecule has 1 rings (SSSR count). The molecule has 0 aromatic heterocycles. The van der Waals surface area contributed by atoms with Gasteiger partial charge in [0.15, 0.2) is 0 Å². The Morgan fingerprint density at radius 3 is 2.33 bits per heavy atom. The summed E-state index contributed by atoms with van der Waals surface area (Å²) in [6.07, 6.45) is 0. The molecule has 0 bridgehead atoms. The number of halogens is 1. The lowest BCUT2D eigenvalue weighted by Crippen LogP contribution is -2.34. The first-order valence-corrected chi connectivity index (χ1v) is 9.12. The van der Waals surface area contributed by atoms with Crippen LogP contribution >= 0.6 is 15.9 Å². The highest BCUT2D eigenvalue weighted by molar-refractivity contribution is 9.10. The molecule has 0 fully saturated rings. The van der Waals surface area contributed by atoms with E-state index in [9.17, 15) is 8.42 Å². The van der Waals surface area contributed by atoms with Gasteiger partial charge in [-0.15, -0.1) is 0 Å². The minimum absolute atomic E-state index is 0.0913. The molecule has 0 radical (unpaired) electrons. The van der Waals surface area contributed by atoms with Crippen LogP contribution in [-0.2, 0) is 16.6 Å². The van der Waals surface area contributed by atoms with Crippen molar-refractivity contribution >= 4 is 26.0 Å². The summed E-state index contributed by atoms with van der Waals surface area (Å²) in [6.45, 7) is 9.09. The highest BCUT2D eigenvalue weighted by Crippen LogP contribution is 2.30. The maximum atomic E-state index is 12.8. The standard InChI is InChI=1S/C15H25BrN2O2S/c1-11-7-12(9-17-5)8-13(14(11)16)21(19,20)18(6)10-15(2,3)4/h7-8,17H,9-10H2,1-6H3. The topological polar surface area (TPSA) is 49.4 Å². The first kappa shape index (κ1) is 18.6. The average molecular weight is 377 g/mol. The van der Waals surface area contributed by atoms with Crippen molar-refractivity contribution in [2.45, 2.75) is 39.1 Å². The van der Waals surface area contributed by atoms with Gasteiger partial charge in [-0.3, -0.25) is 0 Å². The number of aryl methyl sites for hydroxylation is 1. The first-order chi connectivity index (χ1) is 9.49. The minimum Gasteiger partial charge on any atom is -0.316 e. The smallest absolute Gasteiger partial charge is 0.243 e. The Labute approximate surface area is 137 Å². The molecule has 0 amide bonds. The Kier molecular flexibility index (Phi) is 6.00. The van der Waals surface area contributed by atoms with Crippen LogP contribution in [0, 0.1) is 12.3 Å². The summed E-state index contributed by atoms with van der Waals surface area (Å²) in [5.74, 6) is 0. The molecule has 0 saturated carbocycles. The van der Waals surface area contributed by atoms with Crippen LogP contribution in [0.25, 0.3) is 0 Å². The molecule has 0 atom stereocenters. The zero-order chi connectivity index (χ0) is 16.4. The normalized spacial score (nSPS) is 13.0. The van der Waals surface area contributed by atoms with Crippen molar-refractivity contribution in [3.05, 3.63) is 27.7 Å². The predicted molar refractivity (Wildman–Crippen MR) is 90.9 cm³/mol.